The number of anilines is 1. The Morgan fingerprint density at radius 2 is 1.76 bits per heavy atom. The van der Waals surface area contributed by atoms with Crippen molar-refractivity contribution in [3.8, 4) is 22.6 Å². The number of nitrogens with zero attached hydrogens (tertiary/aromatic N) is 1. The van der Waals surface area contributed by atoms with Crippen LogP contribution in [0.3, 0.4) is 0 Å². The van der Waals surface area contributed by atoms with E-state index in [1.54, 1.807) is 36.4 Å². The number of furan rings is 1. The Hall–Kier alpha value is -2.86. The number of thiazole rings is 1. The Morgan fingerprint density at radius 1 is 1.00 bits per heavy atom. The van der Waals surface area contributed by atoms with Crippen LogP contribution < -0.4 is 5.32 Å². The summed E-state index contributed by atoms with van der Waals surface area (Å²) in [7, 11) is 0. The van der Waals surface area contributed by atoms with Crippen molar-refractivity contribution < 1.29 is 9.21 Å². The molecule has 144 valence electrons. The lowest BCUT2D eigenvalue weighted by Crippen LogP contribution is -2.07. The molecule has 0 fully saturated rings. The summed E-state index contributed by atoms with van der Waals surface area (Å²) < 4.78 is 5.75. The summed E-state index contributed by atoms with van der Waals surface area (Å²) >= 11 is 13.4. The minimum Gasteiger partial charge on any atom is -0.457 e. The first-order valence-electron chi connectivity index (χ1n) is 8.63. The summed E-state index contributed by atoms with van der Waals surface area (Å²) in [6.07, 6.45) is 2.99. The van der Waals surface area contributed by atoms with Gasteiger partial charge in [0.15, 0.2) is 5.13 Å². The Labute approximate surface area is 181 Å². The van der Waals surface area contributed by atoms with Crippen LogP contribution in [0.1, 0.15) is 5.76 Å². The molecule has 4 aromatic rings. The molecule has 0 aliphatic carbocycles. The third-order valence-corrected chi connectivity index (χ3v) is 5.17. The number of nitrogens with one attached hydrogen (secondary N) is 1. The zero-order chi connectivity index (χ0) is 20.2. The van der Waals surface area contributed by atoms with Gasteiger partial charge in [-0.05, 0) is 36.4 Å². The van der Waals surface area contributed by atoms with Gasteiger partial charge in [-0.3, -0.25) is 10.1 Å². The summed E-state index contributed by atoms with van der Waals surface area (Å²) in [6.45, 7) is 0. The zero-order valence-corrected chi connectivity index (χ0v) is 17.3. The van der Waals surface area contributed by atoms with Crippen molar-refractivity contribution in [1.82, 2.24) is 4.98 Å². The van der Waals surface area contributed by atoms with Crippen LogP contribution in [0.15, 0.2) is 76.5 Å². The van der Waals surface area contributed by atoms with Gasteiger partial charge in [-0.2, -0.15) is 0 Å². The van der Waals surface area contributed by atoms with E-state index in [1.165, 1.54) is 17.4 Å². The number of hydrogen-bond donors (Lipinski definition) is 1. The first-order valence-corrected chi connectivity index (χ1v) is 10.3. The first-order chi connectivity index (χ1) is 14.1. The number of halogens is 2. The smallest absolute Gasteiger partial charge is 0.250 e. The van der Waals surface area contributed by atoms with E-state index >= 15 is 0 Å². The van der Waals surface area contributed by atoms with E-state index in [2.05, 4.69) is 10.3 Å². The molecule has 29 heavy (non-hydrogen) atoms. The van der Waals surface area contributed by atoms with Gasteiger partial charge in [-0.1, -0.05) is 53.5 Å². The monoisotopic (exact) mass is 440 g/mol. The van der Waals surface area contributed by atoms with Gasteiger partial charge >= 0.3 is 0 Å². The van der Waals surface area contributed by atoms with Crippen molar-refractivity contribution in [2.45, 2.75) is 0 Å². The van der Waals surface area contributed by atoms with Crippen LogP contribution in [0, 0.1) is 0 Å². The molecular formula is C22H14Cl2N2O2S. The highest BCUT2D eigenvalue weighted by Gasteiger charge is 2.08. The summed E-state index contributed by atoms with van der Waals surface area (Å²) in [5.74, 6) is 0.861. The summed E-state index contributed by atoms with van der Waals surface area (Å²) in [5.41, 5.74) is 2.59. The first kappa shape index (κ1) is 19.5. The standard InChI is InChI=1S/C22H14Cl2N2O2S/c23-16-10-15(11-17(24)12-16)20-8-6-18(28-20)7-9-21(27)26-22-25-19(13-29-22)14-4-2-1-3-5-14/h1-13H,(H,25,26,27)/b9-7+. The molecule has 2 aromatic carbocycles. The number of rotatable bonds is 5. The fourth-order valence-electron chi connectivity index (χ4n) is 2.67. The van der Waals surface area contributed by atoms with Gasteiger partial charge in [0.2, 0.25) is 5.91 Å². The third kappa shape index (κ3) is 4.95. The van der Waals surface area contributed by atoms with E-state index in [1.807, 2.05) is 35.7 Å². The number of hydrogen-bond acceptors (Lipinski definition) is 4. The van der Waals surface area contributed by atoms with Gasteiger partial charge in [-0.15, -0.1) is 11.3 Å². The van der Waals surface area contributed by atoms with Crippen LogP contribution in [-0.4, -0.2) is 10.9 Å². The molecule has 4 rings (SSSR count). The number of benzene rings is 2. The molecule has 2 heterocycles. The molecule has 4 nitrogen and oxygen atoms in total. The van der Waals surface area contributed by atoms with Crippen molar-refractivity contribution >= 4 is 51.7 Å². The Balaban J connectivity index is 1.41. The lowest BCUT2D eigenvalue weighted by molar-refractivity contribution is -0.111. The lowest BCUT2D eigenvalue weighted by atomic mass is 10.2. The molecule has 1 amide bonds. The molecule has 0 unspecified atom stereocenters. The molecule has 0 atom stereocenters. The van der Waals surface area contributed by atoms with Gasteiger partial charge in [0, 0.05) is 32.6 Å². The van der Waals surface area contributed by atoms with Crippen LogP contribution in [0.4, 0.5) is 5.13 Å². The molecule has 2 aromatic heterocycles. The van der Waals surface area contributed by atoms with Crippen LogP contribution in [0.25, 0.3) is 28.7 Å². The van der Waals surface area contributed by atoms with Gasteiger partial charge in [-0.25, -0.2) is 4.98 Å². The van der Waals surface area contributed by atoms with Crippen molar-refractivity contribution in [2.75, 3.05) is 5.32 Å². The number of carbonyl (C=O) groups is 1. The van der Waals surface area contributed by atoms with Crippen LogP contribution in [0.2, 0.25) is 10.0 Å². The quantitative estimate of drug-likeness (QED) is 0.338. The molecule has 0 aliphatic heterocycles. The summed E-state index contributed by atoms with van der Waals surface area (Å²) in [4.78, 5) is 16.6. The fourth-order valence-corrected chi connectivity index (χ4v) is 3.92. The van der Waals surface area contributed by atoms with E-state index < -0.39 is 0 Å². The Bertz CT molecular complexity index is 1160. The maximum atomic E-state index is 12.2. The van der Waals surface area contributed by atoms with Crippen LogP contribution in [-0.2, 0) is 4.79 Å². The summed E-state index contributed by atoms with van der Waals surface area (Å²) in [5, 5.41) is 6.25. The molecule has 1 N–H and O–H groups in total. The van der Waals surface area contributed by atoms with Gasteiger partial charge in [0.25, 0.3) is 0 Å². The number of amides is 1. The maximum Gasteiger partial charge on any atom is 0.250 e. The van der Waals surface area contributed by atoms with Crippen molar-refractivity contribution in [1.29, 1.82) is 0 Å². The molecule has 0 bridgehead atoms. The second-order valence-corrected chi connectivity index (χ2v) is 7.82. The van der Waals surface area contributed by atoms with Gasteiger partial charge in [0.05, 0.1) is 5.69 Å². The van der Waals surface area contributed by atoms with E-state index in [-0.39, 0.29) is 5.91 Å². The third-order valence-electron chi connectivity index (χ3n) is 3.98. The minimum atomic E-state index is -0.289. The van der Waals surface area contributed by atoms with Crippen molar-refractivity contribution in [2.24, 2.45) is 0 Å². The largest absolute Gasteiger partial charge is 0.457 e. The zero-order valence-electron chi connectivity index (χ0n) is 14.9. The molecule has 7 heteroatoms. The molecule has 0 saturated carbocycles. The van der Waals surface area contributed by atoms with E-state index in [0.29, 0.717) is 26.7 Å². The molecule has 0 radical (unpaired) electrons. The molecular weight excluding hydrogens is 427 g/mol. The Morgan fingerprint density at radius 3 is 2.52 bits per heavy atom. The van der Waals surface area contributed by atoms with Crippen LogP contribution >= 0.6 is 34.5 Å². The number of carbonyl (C=O) groups excluding carboxylic acids is 1. The topological polar surface area (TPSA) is 55.1 Å². The van der Waals surface area contributed by atoms with Crippen molar-refractivity contribution in [3.05, 3.63) is 87.9 Å². The maximum absolute atomic E-state index is 12.2. The second kappa shape index (κ2) is 8.66. The predicted molar refractivity (Wildman–Crippen MR) is 119 cm³/mol. The highest BCUT2D eigenvalue weighted by molar-refractivity contribution is 7.14. The van der Waals surface area contributed by atoms with Gasteiger partial charge in [0.1, 0.15) is 11.5 Å². The molecule has 0 aliphatic rings. The SMILES string of the molecule is O=C(/C=C/c1ccc(-c2cc(Cl)cc(Cl)c2)o1)Nc1nc(-c2ccccc2)cs1. The number of aromatic nitrogens is 1. The molecule has 0 saturated heterocycles. The van der Waals surface area contributed by atoms with Gasteiger partial charge < -0.3 is 4.42 Å². The second-order valence-electron chi connectivity index (χ2n) is 6.09. The lowest BCUT2D eigenvalue weighted by Gasteiger charge is -1.99. The average molecular weight is 441 g/mol. The molecule has 0 spiro atoms. The minimum absolute atomic E-state index is 0.289. The van der Waals surface area contributed by atoms with E-state index in [4.69, 9.17) is 27.6 Å². The normalized spacial score (nSPS) is 11.1. The van der Waals surface area contributed by atoms with E-state index in [0.717, 1.165) is 16.8 Å². The highest BCUT2D eigenvalue weighted by Crippen LogP contribution is 2.29. The summed E-state index contributed by atoms with van der Waals surface area (Å²) in [6, 6.07) is 18.5. The van der Waals surface area contributed by atoms with Crippen molar-refractivity contribution in [3.63, 3.8) is 0 Å². The highest BCUT2D eigenvalue weighted by atomic mass is 35.5. The Kier molecular flexibility index (Phi) is 5.81. The van der Waals surface area contributed by atoms with E-state index in [9.17, 15) is 4.79 Å². The van der Waals surface area contributed by atoms with Crippen LogP contribution in [0.5, 0.6) is 0 Å². The fraction of sp³-hybridized carbons (Fsp3) is 0. The average Bonchev–Trinajstić information content (AvgIpc) is 3.36. The predicted octanol–water partition coefficient (Wildman–Crippen LogP) is 7.03.